The summed E-state index contributed by atoms with van der Waals surface area (Å²) in [7, 11) is 0. The van der Waals surface area contributed by atoms with Crippen LogP contribution in [0.1, 0.15) is 10.4 Å². The molecular formula is C16H11Cl2N3OS. The second-order valence-electron chi connectivity index (χ2n) is 4.61. The van der Waals surface area contributed by atoms with Gasteiger partial charge in [0.25, 0.3) is 0 Å². The van der Waals surface area contributed by atoms with Crippen LogP contribution in [-0.2, 0) is 0 Å². The van der Waals surface area contributed by atoms with Crippen LogP contribution in [0, 0.1) is 0 Å². The van der Waals surface area contributed by atoms with Crippen LogP contribution in [0.2, 0.25) is 10.0 Å². The van der Waals surface area contributed by atoms with E-state index in [1.54, 1.807) is 30.6 Å². The van der Waals surface area contributed by atoms with Crippen LogP contribution in [0.4, 0.5) is 11.4 Å². The molecule has 0 aliphatic carbocycles. The number of anilines is 2. The van der Waals surface area contributed by atoms with Gasteiger partial charge in [0, 0.05) is 17.4 Å². The van der Waals surface area contributed by atoms with E-state index >= 15 is 0 Å². The predicted octanol–water partition coefficient (Wildman–Crippen LogP) is 5.42. The Kier molecular flexibility index (Phi) is 4.81. The molecule has 2 N–H and O–H groups in total. The van der Waals surface area contributed by atoms with Crippen LogP contribution in [0.5, 0.6) is 0 Å². The fraction of sp³-hybridized carbons (Fsp3) is 0. The van der Waals surface area contributed by atoms with E-state index in [0.717, 1.165) is 11.4 Å². The topological polar surface area (TPSA) is 57.5 Å². The van der Waals surface area contributed by atoms with Gasteiger partial charge >= 0.3 is 0 Å². The molecule has 0 saturated heterocycles. The first-order valence-corrected chi connectivity index (χ1v) is 8.25. The average molecular weight is 364 g/mol. The summed E-state index contributed by atoms with van der Waals surface area (Å²) in [6, 6.07) is 10.9. The van der Waals surface area contributed by atoms with Crippen LogP contribution in [0.15, 0.2) is 59.3 Å². The molecular weight excluding hydrogens is 353 g/mol. The van der Waals surface area contributed by atoms with Crippen molar-refractivity contribution in [2.75, 3.05) is 5.32 Å². The van der Waals surface area contributed by atoms with Crippen molar-refractivity contribution in [2.45, 2.75) is 0 Å². The molecule has 0 aliphatic rings. The van der Waals surface area contributed by atoms with Crippen LogP contribution >= 0.6 is 34.5 Å². The van der Waals surface area contributed by atoms with Gasteiger partial charge in [-0.3, -0.25) is 4.98 Å². The molecule has 0 unspecified atom stereocenters. The first-order chi connectivity index (χ1) is 11.2. The number of halogens is 2. The quantitative estimate of drug-likeness (QED) is 0.369. The normalized spacial score (nSPS) is 11.5. The molecule has 2 heterocycles. The Hall–Kier alpha value is -2.08. The fourth-order valence-corrected chi connectivity index (χ4v) is 3.49. The van der Waals surface area contributed by atoms with Gasteiger partial charge in [-0.25, -0.2) is 0 Å². The Morgan fingerprint density at radius 2 is 2.00 bits per heavy atom. The number of hydrogen-bond acceptors (Lipinski definition) is 5. The monoisotopic (exact) mass is 363 g/mol. The summed E-state index contributed by atoms with van der Waals surface area (Å²) in [6.07, 6.45) is 3.42. The third-order valence-electron chi connectivity index (χ3n) is 3.11. The maximum atomic E-state index is 9.36. The summed E-state index contributed by atoms with van der Waals surface area (Å²) < 4.78 is 0. The largest absolute Gasteiger partial charge is 0.410 e. The lowest BCUT2D eigenvalue weighted by atomic mass is 10.1. The summed E-state index contributed by atoms with van der Waals surface area (Å²) in [4.78, 5) is 4.72. The molecule has 3 rings (SSSR count). The zero-order valence-corrected chi connectivity index (χ0v) is 14.0. The Morgan fingerprint density at radius 1 is 1.13 bits per heavy atom. The minimum absolute atomic E-state index is 0.350. The number of oxime groups is 1. The lowest BCUT2D eigenvalue weighted by Crippen LogP contribution is -2.03. The van der Waals surface area contributed by atoms with Crippen molar-refractivity contribution in [1.82, 2.24) is 4.98 Å². The Morgan fingerprint density at radius 3 is 2.61 bits per heavy atom. The fourth-order valence-electron chi connectivity index (χ4n) is 2.07. The maximum Gasteiger partial charge on any atom is 0.130 e. The zero-order valence-electron chi connectivity index (χ0n) is 11.7. The number of rotatable bonds is 4. The minimum atomic E-state index is 0.350. The number of benzene rings is 1. The highest BCUT2D eigenvalue weighted by atomic mass is 35.5. The number of pyridine rings is 1. The van der Waals surface area contributed by atoms with Crippen molar-refractivity contribution in [2.24, 2.45) is 5.16 Å². The molecule has 0 radical (unpaired) electrons. The van der Waals surface area contributed by atoms with Gasteiger partial charge in [0.05, 0.1) is 26.8 Å². The number of thiophene rings is 1. The molecule has 7 heteroatoms. The summed E-state index contributed by atoms with van der Waals surface area (Å²) in [5, 5.41) is 18.7. The molecule has 0 atom stereocenters. The van der Waals surface area contributed by atoms with Crippen molar-refractivity contribution in [3.8, 4) is 0 Å². The first kappa shape index (κ1) is 15.8. The maximum absolute atomic E-state index is 9.36. The van der Waals surface area contributed by atoms with Gasteiger partial charge in [0.1, 0.15) is 5.71 Å². The van der Waals surface area contributed by atoms with Gasteiger partial charge in [-0.05, 0) is 41.8 Å². The molecule has 0 saturated carbocycles. The van der Waals surface area contributed by atoms with Gasteiger partial charge in [-0.1, -0.05) is 28.4 Å². The minimum Gasteiger partial charge on any atom is -0.410 e. The molecule has 4 nitrogen and oxygen atoms in total. The lowest BCUT2D eigenvalue weighted by molar-refractivity contribution is 0.320. The number of aromatic nitrogens is 1. The molecule has 116 valence electrons. The molecule has 3 aromatic rings. The molecule has 0 amide bonds. The summed E-state index contributed by atoms with van der Waals surface area (Å²) in [6.45, 7) is 0. The van der Waals surface area contributed by atoms with E-state index in [4.69, 9.17) is 23.2 Å². The smallest absolute Gasteiger partial charge is 0.130 e. The molecule has 0 spiro atoms. The van der Waals surface area contributed by atoms with Gasteiger partial charge in [-0.15, -0.1) is 11.3 Å². The second-order valence-corrected chi connectivity index (χ2v) is 6.34. The van der Waals surface area contributed by atoms with Crippen LogP contribution < -0.4 is 5.32 Å². The number of hydrogen-bond donors (Lipinski definition) is 2. The van der Waals surface area contributed by atoms with E-state index in [2.05, 4.69) is 15.5 Å². The number of nitrogens with zero attached hydrogens (tertiary/aromatic N) is 2. The Bertz CT molecular complexity index is 850. The van der Waals surface area contributed by atoms with Gasteiger partial charge < -0.3 is 10.5 Å². The zero-order chi connectivity index (χ0) is 16.2. The van der Waals surface area contributed by atoms with Crippen LogP contribution in [0.25, 0.3) is 0 Å². The van der Waals surface area contributed by atoms with E-state index in [1.165, 1.54) is 11.3 Å². The van der Waals surface area contributed by atoms with E-state index in [0.29, 0.717) is 26.2 Å². The highest BCUT2D eigenvalue weighted by Crippen LogP contribution is 2.30. The van der Waals surface area contributed by atoms with E-state index < -0.39 is 0 Å². The third-order valence-corrected chi connectivity index (χ3v) is 4.77. The van der Waals surface area contributed by atoms with E-state index in [9.17, 15) is 5.21 Å². The Balaban J connectivity index is 1.92. The van der Waals surface area contributed by atoms with Crippen LogP contribution in [-0.4, -0.2) is 15.9 Å². The first-order valence-electron chi connectivity index (χ1n) is 6.61. The molecule has 2 aromatic heterocycles. The van der Waals surface area contributed by atoms with Gasteiger partial charge in [0.15, 0.2) is 0 Å². The van der Waals surface area contributed by atoms with E-state index in [1.807, 2.05) is 23.6 Å². The second kappa shape index (κ2) is 7.00. The van der Waals surface area contributed by atoms with Crippen molar-refractivity contribution in [3.63, 3.8) is 0 Å². The van der Waals surface area contributed by atoms with Gasteiger partial charge in [0.2, 0.25) is 0 Å². The number of nitrogens with one attached hydrogen (secondary N) is 1. The molecule has 1 aromatic carbocycles. The SMILES string of the molecule is ON=C(c1ccc(Nc2cccnc2)cc1Cl)c1sccc1Cl. The summed E-state index contributed by atoms with van der Waals surface area (Å²) in [5.74, 6) is 0. The highest BCUT2D eigenvalue weighted by Gasteiger charge is 2.16. The Labute approximate surface area is 147 Å². The standard InChI is InChI=1S/C16H11Cl2N3OS/c17-13-5-7-23-16(13)15(21-22)12-4-3-10(8-14(12)18)20-11-2-1-6-19-9-11/h1-9,20,22H. The predicted molar refractivity (Wildman–Crippen MR) is 95.7 cm³/mol. The summed E-state index contributed by atoms with van der Waals surface area (Å²) in [5.41, 5.74) is 2.62. The third kappa shape index (κ3) is 3.47. The van der Waals surface area contributed by atoms with Crippen molar-refractivity contribution < 1.29 is 5.21 Å². The molecule has 0 aliphatic heterocycles. The van der Waals surface area contributed by atoms with Gasteiger partial charge in [-0.2, -0.15) is 0 Å². The molecule has 0 bridgehead atoms. The van der Waals surface area contributed by atoms with E-state index in [-0.39, 0.29) is 0 Å². The van der Waals surface area contributed by atoms with Crippen molar-refractivity contribution in [1.29, 1.82) is 0 Å². The lowest BCUT2D eigenvalue weighted by Gasteiger charge is -2.10. The van der Waals surface area contributed by atoms with Crippen LogP contribution in [0.3, 0.4) is 0 Å². The van der Waals surface area contributed by atoms with Crippen molar-refractivity contribution in [3.05, 3.63) is 74.7 Å². The average Bonchev–Trinajstić information content (AvgIpc) is 2.97. The molecule has 23 heavy (non-hydrogen) atoms. The van der Waals surface area contributed by atoms with Crippen molar-refractivity contribution >= 4 is 51.6 Å². The molecule has 0 fully saturated rings. The summed E-state index contributed by atoms with van der Waals surface area (Å²) >= 11 is 13.8. The highest BCUT2D eigenvalue weighted by molar-refractivity contribution is 7.13.